The molecule has 0 aromatic heterocycles. The van der Waals surface area contributed by atoms with E-state index in [1.807, 2.05) is 43.1 Å². The first-order valence-corrected chi connectivity index (χ1v) is 6.88. The van der Waals surface area contributed by atoms with Crippen molar-refractivity contribution in [1.29, 1.82) is 0 Å². The summed E-state index contributed by atoms with van der Waals surface area (Å²) >= 11 is 0. The van der Waals surface area contributed by atoms with Gasteiger partial charge in [0.25, 0.3) is 0 Å². The van der Waals surface area contributed by atoms with E-state index in [4.69, 9.17) is 5.73 Å². The van der Waals surface area contributed by atoms with E-state index < -0.39 is 0 Å². The first-order chi connectivity index (χ1) is 9.59. The quantitative estimate of drug-likeness (QED) is 0.902. The molecular formula is C17H21FN2. The minimum atomic E-state index is -0.213. The molecule has 2 aromatic carbocycles. The summed E-state index contributed by atoms with van der Waals surface area (Å²) in [5.74, 6) is -0.213. The van der Waals surface area contributed by atoms with Gasteiger partial charge in [-0.1, -0.05) is 42.5 Å². The Kier molecular flexibility index (Phi) is 4.74. The van der Waals surface area contributed by atoms with Crippen LogP contribution in [-0.4, -0.2) is 13.6 Å². The molecule has 20 heavy (non-hydrogen) atoms. The largest absolute Gasteiger partial charge is 0.372 e. The summed E-state index contributed by atoms with van der Waals surface area (Å²) in [6.45, 7) is 2.63. The highest BCUT2D eigenvalue weighted by molar-refractivity contribution is 5.55. The normalized spacial score (nSPS) is 12.2. The fourth-order valence-corrected chi connectivity index (χ4v) is 2.36. The third-order valence-electron chi connectivity index (χ3n) is 3.47. The van der Waals surface area contributed by atoms with Crippen LogP contribution in [0.5, 0.6) is 0 Å². The second kappa shape index (κ2) is 6.53. The molecule has 0 aliphatic heterocycles. The number of para-hydroxylation sites is 1. The van der Waals surface area contributed by atoms with Crippen molar-refractivity contribution in [2.75, 3.05) is 18.5 Å². The van der Waals surface area contributed by atoms with Crippen LogP contribution in [0.4, 0.5) is 10.1 Å². The lowest BCUT2D eigenvalue weighted by atomic mass is 10.0. The fraction of sp³-hybridized carbons (Fsp3) is 0.294. The van der Waals surface area contributed by atoms with Gasteiger partial charge in [-0.25, -0.2) is 4.39 Å². The standard InChI is InChI=1S/C17H21FN2/c1-13(19)15-9-6-10-16(18)17(15)20(2)12-11-14-7-4-3-5-8-14/h3-10,13H,11-12,19H2,1-2H3/t13-/m1/s1. The van der Waals surface area contributed by atoms with Gasteiger partial charge >= 0.3 is 0 Å². The molecule has 2 N–H and O–H groups in total. The summed E-state index contributed by atoms with van der Waals surface area (Å²) in [5, 5.41) is 0. The van der Waals surface area contributed by atoms with Gasteiger partial charge in [0.15, 0.2) is 0 Å². The van der Waals surface area contributed by atoms with E-state index in [9.17, 15) is 4.39 Å². The van der Waals surface area contributed by atoms with Crippen molar-refractivity contribution in [3.63, 3.8) is 0 Å². The first kappa shape index (κ1) is 14.5. The molecule has 0 aliphatic carbocycles. The summed E-state index contributed by atoms with van der Waals surface area (Å²) in [5.41, 5.74) is 8.64. The van der Waals surface area contributed by atoms with Crippen molar-refractivity contribution < 1.29 is 4.39 Å². The van der Waals surface area contributed by atoms with Gasteiger partial charge in [0, 0.05) is 19.6 Å². The Morgan fingerprint density at radius 3 is 2.45 bits per heavy atom. The molecule has 0 heterocycles. The Morgan fingerprint density at radius 2 is 1.80 bits per heavy atom. The van der Waals surface area contributed by atoms with Crippen LogP contribution in [0.15, 0.2) is 48.5 Å². The number of anilines is 1. The zero-order chi connectivity index (χ0) is 14.5. The zero-order valence-electron chi connectivity index (χ0n) is 12.0. The van der Waals surface area contributed by atoms with E-state index in [-0.39, 0.29) is 11.9 Å². The molecule has 0 aliphatic rings. The Bertz CT molecular complexity index is 552. The van der Waals surface area contributed by atoms with Crippen LogP contribution in [0, 0.1) is 5.82 Å². The van der Waals surface area contributed by atoms with E-state index in [1.54, 1.807) is 6.07 Å². The average molecular weight is 272 g/mol. The fourth-order valence-electron chi connectivity index (χ4n) is 2.36. The van der Waals surface area contributed by atoms with Crippen LogP contribution in [0.2, 0.25) is 0 Å². The SMILES string of the molecule is C[C@@H](N)c1cccc(F)c1N(C)CCc1ccccc1. The molecule has 0 saturated heterocycles. The van der Waals surface area contributed by atoms with E-state index in [0.717, 1.165) is 18.5 Å². The summed E-state index contributed by atoms with van der Waals surface area (Å²) in [7, 11) is 1.91. The van der Waals surface area contributed by atoms with E-state index >= 15 is 0 Å². The van der Waals surface area contributed by atoms with Crippen LogP contribution in [0.25, 0.3) is 0 Å². The second-order valence-electron chi connectivity index (χ2n) is 5.12. The smallest absolute Gasteiger partial charge is 0.146 e. The van der Waals surface area contributed by atoms with Gasteiger partial charge in [-0.3, -0.25) is 0 Å². The van der Waals surface area contributed by atoms with Gasteiger partial charge in [-0.2, -0.15) is 0 Å². The Morgan fingerprint density at radius 1 is 1.10 bits per heavy atom. The number of nitrogens with two attached hydrogens (primary N) is 1. The van der Waals surface area contributed by atoms with Gasteiger partial charge < -0.3 is 10.6 Å². The summed E-state index contributed by atoms with van der Waals surface area (Å²) in [4.78, 5) is 1.95. The predicted octanol–water partition coefficient (Wildman–Crippen LogP) is 3.52. The molecule has 2 rings (SSSR count). The third-order valence-corrected chi connectivity index (χ3v) is 3.47. The lowest BCUT2D eigenvalue weighted by Crippen LogP contribution is -2.24. The van der Waals surface area contributed by atoms with E-state index in [0.29, 0.717) is 5.69 Å². The number of nitrogens with zero attached hydrogens (tertiary/aromatic N) is 1. The number of hydrogen-bond donors (Lipinski definition) is 1. The maximum atomic E-state index is 14.1. The topological polar surface area (TPSA) is 29.3 Å². The number of benzene rings is 2. The molecule has 0 spiro atoms. The second-order valence-corrected chi connectivity index (χ2v) is 5.12. The molecule has 2 nitrogen and oxygen atoms in total. The van der Waals surface area contributed by atoms with E-state index in [2.05, 4.69) is 12.1 Å². The maximum absolute atomic E-state index is 14.1. The highest BCUT2D eigenvalue weighted by atomic mass is 19.1. The highest BCUT2D eigenvalue weighted by Crippen LogP contribution is 2.27. The van der Waals surface area contributed by atoms with Crippen molar-refractivity contribution in [2.45, 2.75) is 19.4 Å². The minimum Gasteiger partial charge on any atom is -0.372 e. The van der Waals surface area contributed by atoms with Gasteiger partial charge in [0.05, 0.1) is 5.69 Å². The molecule has 0 fully saturated rings. The minimum absolute atomic E-state index is 0.181. The molecule has 1 atom stereocenters. The third kappa shape index (κ3) is 3.36. The number of hydrogen-bond acceptors (Lipinski definition) is 2. The molecule has 2 aromatic rings. The summed E-state index contributed by atoms with van der Waals surface area (Å²) < 4.78 is 14.1. The van der Waals surface area contributed by atoms with Gasteiger partial charge in [-0.05, 0) is 30.5 Å². The van der Waals surface area contributed by atoms with Crippen molar-refractivity contribution in [3.8, 4) is 0 Å². The molecule has 0 unspecified atom stereocenters. The molecule has 0 saturated carbocycles. The number of likely N-dealkylation sites (N-methyl/N-ethyl adjacent to an activating group) is 1. The lowest BCUT2D eigenvalue weighted by molar-refractivity contribution is 0.616. The van der Waals surface area contributed by atoms with Crippen molar-refractivity contribution in [2.24, 2.45) is 5.73 Å². The molecule has 3 heteroatoms. The van der Waals surface area contributed by atoms with Crippen molar-refractivity contribution >= 4 is 5.69 Å². The van der Waals surface area contributed by atoms with Gasteiger partial charge in [-0.15, -0.1) is 0 Å². The Balaban J connectivity index is 2.15. The average Bonchev–Trinajstić information content (AvgIpc) is 2.45. The molecular weight excluding hydrogens is 251 g/mol. The Hall–Kier alpha value is -1.87. The monoisotopic (exact) mass is 272 g/mol. The van der Waals surface area contributed by atoms with Crippen LogP contribution < -0.4 is 10.6 Å². The predicted molar refractivity (Wildman–Crippen MR) is 82.4 cm³/mol. The highest BCUT2D eigenvalue weighted by Gasteiger charge is 2.15. The van der Waals surface area contributed by atoms with Crippen LogP contribution >= 0.6 is 0 Å². The summed E-state index contributed by atoms with van der Waals surface area (Å²) in [6, 6.07) is 15.1. The molecule has 106 valence electrons. The first-order valence-electron chi connectivity index (χ1n) is 6.88. The molecule has 0 bridgehead atoms. The number of halogens is 1. The molecule has 0 amide bonds. The van der Waals surface area contributed by atoms with Crippen LogP contribution in [0.1, 0.15) is 24.1 Å². The maximum Gasteiger partial charge on any atom is 0.146 e. The van der Waals surface area contributed by atoms with Gasteiger partial charge in [0.1, 0.15) is 5.82 Å². The number of rotatable bonds is 5. The lowest BCUT2D eigenvalue weighted by Gasteiger charge is -2.24. The van der Waals surface area contributed by atoms with Crippen LogP contribution in [-0.2, 0) is 6.42 Å². The zero-order valence-corrected chi connectivity index (χ0v) is 12.0. The summed E-state index contributed by atoms with van der Waals surface area (Å²) in [6.07, 6.45) is 0.879. The van der Waals surface area contributed by atoms with Crippen molar-refractivity contribution in [1.82, 2.24) is 0 Å². The van der Waals surface area contributed by atoms with Gasteiger partial charge in [0.2, 0.25) is 0 Å². The Labute approximate surface area is 120 Å². The van der Waals surface area contributed by atoms with E-state index in [1.165, 1.54) is 11.6 Å². The van der Waals surface area contributed by atoms with Crippen LogP contribution in [0.3, 0.4) is 0 Å². The van der Waals surface area contributed by atoms with Crippen molar-refractivity contribution in [3.05, 3.63) is 65.5 Å². The molecule has 0 radical (unpaired) electrons.